The Bertz CT molecular complexity index is 304. The summed E-state index contributed by atoms with van der Waals surface area (Å²) in [6.07, 6.45) is 4.76. The first-order chi connectivity index (χ1) is 5.45. The van der Waals surface area contributed by atoms with Crippen LogP contribution in [0.15, 0.2) is 36.4 Å². The van der Waals surface area contributed by atoms with Crippen molar-refractivity contribution in [3.63, 3.8) is 0 Å². The maximum atomic E-state index is 5.63. The van der Waals surface area contributed by atoms with E-state index in [1.54, 1.807) is 0 Å². The van der Waals surface area contributed by atoms with Crippen LogP contribution in [0.1, 0.15) is 23.3 Å². The second kappa shape index (κ2) is 4.27. The second-order valence-corrected chi connectivity index (χ2v) is 2.99. The Labute approximate surface area is 112 Å². The van der Waals surface area contributed by atoms with Crippen molar-refractivity contribution in [3.8, 4) is 0 Å². The molecule has 1 nitrogen and oxygen atoms in total. The van der Waals surface area contributed by atoms with E-state index in [2.05, 4.69) is 36.4 Å². The Balaban J connectivity index is 0.000000422. The average Bonchev–Trinajstić information content (AvgIpc) is 2.64. The normalized spacial score (nSPS) is 26.2. The van der Waals surface area contributed by atoms with E-state index < -0.39 is 0 Å². The van der Waals surface area contributed by atoms with Crippen molar-refractivity contribution in [2.24, 2.45) is 0 Å². The highest BCUT2D eigenvalue weighted by Gasteiger charge is 2.32. The Morgan fingerprint density at radius 3 is 1.77 bits per heavy atom. The van der Waals surface area contributed by atoms with Crippen LogP contribution in [0.4, 0.5) is 0 Å². The van der Waals surface area contributed by atoms with E-state index in [0.29, 0.717) is 0 Å². The maximum Gasteiger partial charge on any atom is 0.102 e. The molecule has 0 aliphatic carbocycles. The van der Waals surface area contributed by atoms with Crippen LogP contribution in [0.2, 0.25) is 0 Å². The summed E-state index contributed by atoms with van der Waals surface area (Å²) < 4.78 is 5.63. The summed E-state index contributed by atoms with van der Waals surface area (Å²) in [5.74, 6) is 0. The molecule has 3 heteroatoms. The molecule has 2 aliphatic heterocycles. The molecule has 13 heavy (non-hydrogen) atoms. The molecular weight excluding hydrogens is 390 g/mol. The predicted octanol–water partition coefficient (Wildman–Crippen LogP) is 3.60. The predicted molar refractivity (Wildman–Crippen MR) is 73.0 cm³/mol. The van der Waals surface area contributed by atoms with Gasteiger partial charge in [-0.2, -0.15) is 0 Å². The highest BCUT2D eigenvalue weighted by atomic mass is 127. The van der Waals surface area contributed by atoms with Gasteiger partial charge in [0.05, 0.1) is 0 Å². The molecule has 0 amide bonds. The zero-order chi connectivity index (χ0) is 7.26. The van der Waals surface area contributed by atoms with Crippen molar-refractivity contribution in [1.82, 2.24) is 0 Å². The fraction of sp³-hybridized carbons (Fsp3) is 0.200. The van der Waals surface area contributed by atoms with E-state index in [-0.39, 0.29) is 60.2 Å². The molecule has 2 atom stereocenters. The summed E-state index contributed by atoms with van der Waals surface area (Å²) in [6.45, 7) is 0. The van der Waals surface area contributed by atoms with E-state index in [9.17, 15) is 0 Å². The van der Waals surface area contributed by atoms with Crippen LogP contribution in [-0.2, 0) is 4.74 Å². The van der Waals surface area contributed by atoms with Gasteiger partial charge in [0.15, 0.2) is 0 Å². The summed E-state index contributed by atoms with van der Waals surface area (Å²) in [7, 11) is 0. The van der Waals surface area contributed by atoms with E-state index in [4.69, 9.17) is 4.74 Å². The number of hydrogen-bond donors (Lipinski definition) is 0. The second-order valence-electron chi connectivity index (χ2n) is 2.99. The van der Waals surface area contributed by atoms with E-state index >= 15 is 0 Å². The number of benzene rings is 1. The van der Waals surface area contributed by atoms with Crippen LogP contribution in [0.25, 0.3) is 0 Å². The van der Waals surface area contributed by atoms with Gasteiger partial charge >= 0.3 is 0 Å². The molecule has 1 aromatic carbocycles. The highest BCUT2D eigenvalue weighted by Crippen LogP contribution is 2.45. The van der Waals surface area contributed by atoms with Crippen LogP contribution in [0.5, 0.6) is 0 Å². The van der Waals surface area contributed by atoms with Crippen LogP contribution < -0.4 is 0 Å². The number of hydrogen-bond acceptors (Lipinski definition) is 1. The minimum absolute atomic E-state index is 0. The number of rotatable bonds is 0. The van der Waals surface area contributed by atoms with Crippen LogP contribution in [0.3, 0.4) is 0 Å². The minimum Gasteiger partial charge on any atom is -0.357 e. The Morgan fingerprint density at radius 1 is 0.846 bits per heavy atom. The molecule has 0 radical (unpaired) electrons. The first-order valence-corrected chi connectivity index (χ1v) is 3.88. The van der Waals surface area contributed by atoms with Gasteiger partial charge in [-0.25, -0.2) is 0 Å². The third kappa shape index (κ3) is 1.66. The zero-order valence-corrected chi connectivity index (χ0v) is 11.5. The molecular formula is C10H10I2O. The third-order valence-electron chi connectivity index (χ3n) is 2.36. The van der Waals surface area contributed by atoms with Gasteiger partial charge in [-0.15, -0.1) is 48.0 Å². The first-order valence-electron chi connectivity index (χ1n) is 3.88. The van der Waals surface area contributed by atoms with Gasteiger partial charge in [-0.05, 0) is 11.1 Å². The van der Waals surface area contributed by atoms with Gasteiger partial charge < -0.3 is 4.74 Å². The molecule has 1 aromatic rings. The lowest BCUT2D eigenvalue weighted by Gasteiger charge is -2.04. The molecule has 2 unspecified atom stereocenters. The van der Waals surface area contributed by atoms with E-state index in [0.717, 1.165) is 0 Å². The fourth-order valence-electron chi connectivity index (χ4n) is 1.83. The Kier molecular flexibility index (Phi) is 3.76. The van der Waals surface area contributed by atoms with Crippen LogP contribution in [0, 0.1) is 0 Å². The monoisotopic (exact) mass is 400 g/mol. The maximum absolute atomic E-state index is 5.63. The first kappa shape index (κ1) is 11.5. The van der Waals surface area contributed by atoms with Crippen molar-refractivity contribution < 1.29 is 4.74 Å². The number of fused-ring (bicyclic) bond motifs is 5. The number of ether oxygens (including phenoxy) is 1. The molecule has 0 aromatic heterocycles. The van der Waals surface area contributed by atoms with E-state index in [1.807, 2.05) is 0 Å². The SMILES string of the molecule is C1=CC2OC1c1ccccc12.I.I. The topological polar surface area (TPSA) is 9.23 Å². The third-order valence-corrected chi connectivity index (χ3v) is 2.36. The largest absolute Gasteiger partial charge is 0.357 e. The van der Waals surface area contributed by atoms with Crippen molar-refractivity contribution in [2.45, 2.75) is 12.2 Å². The molecule has 0 saturated heterocycles. The summed E-state index contributed by atoms with van der Waals surface area (Å²) >= 11 is 0. The van der Waals surface area contributed by atoms with Crippen molar-refractivity contribution >= 4 is 48.0 Å². The van der Waals surface area contributed by atoms with E-state index in [1.165, 1.54) is 11.1 Å². The molecule has 2 heterocycles. The molecule has 0 spiro atoms. The summed E-state index contributed by atoms with van der Waals surface area (Å²) in [5, 5.41) is 0. The van der Waals surface area contributed by atoms with Gasteiger partial charge in [0.2, 0.25) is 0 Å². The quantitative estimate of drug-likeness (QED) is 0.478. The summed E-state index contributed by atoms with van der Waals surface area (Å²) in [4.78, 5) is 0. The van der Waals surface area contributed by atoms with Gasteiger partial charge in [-0.3, -0.25) is 0 Å². The van der Waals surface area contributed by atoms with Gasteiger partial charge in [0.25, 0.3) is 0 Å². The average molecular weight is 400 g/mol. The zero-order valence-electron chi connectivity index (χ0n) is 6.84. The molecule has 2 aliphatic rings. The minimum atomic E-state index is 0. The molecule has 0 N–H and O–H groups in total. The molecule has 0 fully saturated rings. The molecule has 70 valence electrons. The molecule has 2 bridgehead atoms. The fourth-order valence-corrected chi connectivity index (χ4v) is 1.83. The lowest BCUT2D eigenvalue weighted by atomic mass is 9.97. The lowest BCUT2D eigenvalue weighted by molar-refractivity contribution is 0.0878. The lowest BCUT2D eigenvalue weighted by Crippen LogP contribution is -1.90. The molecule has 3 rings (SSSR count). The molecule has 0 saturated carbocycles. The van der Waals surface area contributed by atoms with Gasteiger partial charge in [-0.1, -0.05) is 36.4 Å². The Hall–Kier alpha value is 0.380. The number of halogens is 2. The van der Waals surface area contributed by atoms with Gasteiger partial charge in [0.1, 0.15) is 12.2 Å². The smallest absolute Gasteiger partial charge is 0.102 e. The highest BCUT2D eigenvalue weighted by molar-refractivity contribution is 14.0. The summed E-state index contributed by atoms with van der Waals surface area (Å²) in [5.41, 5.74) is 2.69. The standard InChI is InChI=1S/C10H8O.2HI/c1-2-4-8-7(3-1)9-5-6-10(8)11-9;;/h1-6,9-10H;2*1H. The van der Waals surface area contributed by atoms with Crippen LogP contribution >= 0.6 is 48.0 Å². The van der Waals surface area contributed by atoms with Crippen molar-refractivity contribution in [1.29, 1.82) is 0 Å². The summed E-state index contributed by atoms with van der Waals surface area (Å²) in [6, 6.07) is 8.42. The van der Waals surface area contributed by atoms with Crippen molar-refractivity contribution in [2.75, 3.05) is 0 Å². The Morgan fingerprint density at radius 2 is 1.31 bits per heavy atom. The van der Waals surface area contributed by atoms with Gasteiger partial charge in [0, 0.05) is 0 Å². The van der Waals surface area contributed by atoms with Crippen molar-refractivity contribution in [3.05, 3.63) is 47.5 Å². The van der Waals surface area contributed by atoms with Crippen LogP contribution in [-0.4, -0.2) is 0 Å².